The summed E-state index contributed by atoms with van der Waals surface area (Å²) in [6, 6.07) is 0. The molecule has 0 spiro atoms. The van der Waals surface area contributed by atoms with Crippen LogP contribution in [0.2, 0.25) is 0 Å². The Morgan fingerprint density at radius 1 is 1.40 bits per heavy atom. The molecule has 78 valence electrons. The highest BCUT2D eigenvalue weighted by Crippen LogP contribution is 2.16. The standard InChI is InChI=1S/C8H10N6O/c1-4-6(5(2)13-12-4)11-8(15)7-9-3-10-14-7/h3H,1-2H3,(H,11,15)(H,12,13)(H,9,10,14). The minimum absolute atomic E-state index is 0.176. The van der Waals surface area contributed by atoms with Crippen LogP contribution >= 0.6 is 0 Å². The summed E-state index contributed by atoms with van der Waals surface area (Å²) in [4.78, 5) is 15.3. The molecule has 0 fully saturated rings. The van der Waals surface area contributed by atoms with E-state index in [1.807, 2.05) is 6.92 Å². The molecule has 2 heterocycles. The first-order valence-electron chi connectivity index (χ1n) is 4.36. The van der Waals surface area contributed by atoms with Crippen molar-refractivity contribution in [1.29, 1.82) is 0 Å². The maximum Gasteiger partial charge on any atom is 0.293 e. The molecular formula is C8H10N6O. The van der Waals surface area contributed by atoms with Crippen LogP contribution in [0.15, 0.2) is 6.33 Å². The average molecular weight is 206 g/mol. The number of amides is 1. The molecule has 0 unspecified atom stereocenters. The first-order chi connectivity index (χ1) is 7.18. The van der Waals surface area contributed by atoms with Gasteiger partial charge in [0.15, 0.2) is 0 Å². The molecule has 0 aromatic carbocycles. The fourth-order valence-corrected chi connectivity index (χ4v) is 1.22. The van der Waals surface area contributed by atoms with Crippen molar-refractivity contribution in [3.05, 3.63) is 23.5 Å². The Kier molecular flexibility index (Phi) is 2.20. The smallest absolute Gasteiger partial charge is 0.293 e. The molecule has 2 rings (SSSR count). The summed E-state index contributed by atoms with van der Waals surface area (Å²) in [5.74, 6) is -0.157. The zero-order valence-electron chi connectivity index (χ0n) is 8.33. The van der Waals surface area contributed by atoms with Crippen molar-refractivity contribution in [2.45, 2.75) is 13.8 Å². The zero-order valence-corrected chi connectivity index (χ0v) is 8.33. The van der Waals surface area contributed by atoms with Crippen molar-refractivity contribution < 1.29 is 4.79 Å². The maximum atomic E-state index is 11.6. The number of rotatable bonds is 2. The van der Waals surface area contributed by atoms with Gasteiger partial charge in [-0.25, -0.2) is 4.98 Å². The van der Waals surface area contributed by atoms with Crippen LogP contribution in [0.1, 0.15) is 22.0 Å². The van der Waals surface area contributed by atoms with Crippen LogP contribution in [-0.4, -0.2) is 31.3 Å². The highest BCUT2D eigenvalue weighted by molar-refractivity contribution is 6.02. The van der Waals surface area contributed by atoms with Gasteiger partial charge >= 0.3 is 0 Å². The van der Waals surface area contributed by atoms with E-state index in [1.165, 1.54) is 6.33 Å². The van der Waals surface area contributed by atoms with Gasteiger partial charge in [0.05, 0.1) is 17.1 Å². The maximum absolute atomic E-state index is 11.6. The molecule has 0 saturated heterocycles. The van der Waals surface area contributed by atoms with Crippen molar-refractivity contribution in [2.24, 2.45) is 0 Å². The summed E-state index contributed by atoms with van der Waals surface area (Å²) in [5.41, 5.74) is 2.22. The Hall–Kier alpha value is -2.18. The first-order valence-corrected chi connectivity index (χ1v) is 4.36. The molecule has 0 bridgehead atoms. The molecule has 0 aliphatic rings. The number of anilines is 1. The van der Waals surface area contributed by atoms with Crippen LogP contribution in [-0.2, 0) is 0 Å². The molecule has 0 radical (unpaired) electrons. The summed E-state index contributed by atoms with van der Waals surface area (Å²) in [6.07, 6.45) is 1.28. The van der Waals surface area contributed by atoms with E-state index < -0.39 is 0 Å². The Bertz CT molecular complexity index is 452. The van der Waals surface area contributed by atoms with E-state index in [0.717, 1.165) is 11.4 Å². The number of aromatic amines is 2. The fourth-order valence-electron chi connectivity index (χ4n) is 1.22. The van der Waals surface area contributed by atoms with Gasteiger partial charge in [-0.05, 0) is 13.8 Å². The second-order valence-corrected chi connectivity index (χ2v) is 3.10. The van der Waals surface area contributed by atoms with Gasteiger partial charge in [-0.2, -0.15) is 10.2 Å². The Balaban J connectivity index is 2.20. The number of hydrogen-bond acceptors (Lipinski definition) is 4. The normalized spacial score (nSPS) is 10.3. The van der Waals surface area contributed by atoms with Crippen LogP contribution < -0.4 is 5.32 Å². The third-order valence-electron chi connectivity index (χ3n) is 2.00. The molecule has 0 saturated carbocycles. The molecule has 3 N–H and O–H groups in total. The topological polar surface area (TPSA) is 99.3 Å². The van der Waals surface area contributed by atoms with E-state index in [9.17, 15) is 4.79 Å². The largest absolute Gasteiger partial charge is 0.316 e. The minimum atomic E-state index is -0.333. The Labute approximate surface area is 85.3 Å². The van der Waals surface area contributed by atoms with Crippen molar-refractivity contribution >= 4 is 11.6 Å². The molecular weight excluding hydrogens is 196 g/mol. The summed E-state index contributed by atoms with van der Waals surface area (Å²) in [7, 11) is 0. The van der Waals surface area contributed by atoms with Crippen molar-refractivity contribution in [3.63, 3.8) is 0 Å². The number of nitrogens with one attached hydrogen (secondary N) is 3. The number of aromatic nitrogens is 5. The van der Waals surface area contributed by atoms with Crippen LogP contribution in [0.5, 0.6) is 0 Å². The minimum Gasteiger partial charge on any atom is -0.316 e. The Morgan fingerprint density at radius 2 is 2.20 bits per heavy atom. The average Bonchev–Trinajstić information content (AvgIpc) is 2.82. The monoisotopic (exact) mass is 206 g/mol. The van der Waals surface area contributed by atoms with Gasteiger partial charge in [-0.15, -0.1) is 0 Å². The molecule has 0 atom stereocenters. The van der Waals surface area contributed by atoms with Gasteiger partial charge in [0, 0.05) is 0 Å². The van der Waals surface area contributed by atoms with Crippen LogP contribution in [0.25, 0.3) is 0 Å². The summed E-state index contributed by atoms with van der Waals surface area (Å²) in [5, 5.41) is 15.5. The molecule has 0 aliphatic heterocycles. The molecule has 15 heavy (non-hydrogen) atoms. The van der Waals surface area contributed by atoms with Gasteiger partial charge in [0.1, 0.15) is 6.33 Å². The number of carbonyl (C=O) groups excluding carboxylic acids is 1. The number of carbonyl (C=O) groups is 1. The molecule has 2 aromatic heterocycles. The van der Waals surface area contributed by atoms with E-state index >= 15 is 0 Å². The van der Waals surface area contributed by atoms with Gasteiger partial charge in [-0.1, -0.05) is 0 Å². The SMILES string of the molecule is Cc1n[nH]c(C)c1NC(=O)c1ncn[nH]1. The zero-order chi connectivity index (χ0) is 10.8. The summed E-state index contributed by atoms with van der Waals surface area (Å²) >= 11 is 0. The molecule has 0 aliphatic carbocycles. The highest BCUT2D eigenvalue weighted by atomic mass is 16.2. The molecule has 1 amide bonds. The van der Waals surface area contributed by atoms with Gasteiger partial charge in [-0.3, -0.25) is 15.0 Å². The fraction of sp³-hybridized carbons (Fsp3) is 0.250. The van der Waals surface area contributed by atoms with Crippen LogP contribution in [0.4, 0.5) is 5.69 Å². The first kappa shape index (κ1) is 9.38. The van der Waals surface area contributed by atoms with Crippen molar-refractivity contribution in [1.82, 2.24) is 25.4 Å². The number of nitrogens with zero attached hydrogens (tertiary/aromatic N) is 3. The predicted molar refractivity (Wildman–Crippen MR) is 52.4 cm³/mol. The van der Waals surface area contributed by atoms with Crippen molar-refractivity contribution in [2.75, 3.05) is 5.32 Å². The number of aryl methyl sites for hydroxylation is 2. The van der Waals surface area contributed by atoms with Gasteiger partial charge < -0.3 is 5.32 Å². The number of hydrogen-bond donors (Lipinski definition) is 3. The van der Waals surface area contributed by atoms with E-state index in [1.54, 1.807) is 6.92 Å². The lowest BCUT2D eigenvalue weighted by Gasteiger charge is -2.01. The second-order valence-electron chi connectivity index (χ2n) is 3.10. The Morgan fingerprint density at radius 3 is 2.73 bits per heavy atom. The summed E-state index contributed by atoms with van der Waals surface area (Å²) < 4.78 is 0. The van der Waals surface area contributed by atoms with Crippen LogP contribution in [0, 0.1) is 13.8 Å². The summed E-state index contributed by atoms with van der Waals surface area (Å²) in [6.45, 7) is 3.63. The number of H-pyrrole nitrogens is 2. The predicted octanol–water partition coefficient (Wildman–Crippen LogP) is 0.397. The van der Waals surface area contributed by atoms with E-state index in [2.05, 4.69) is 30.7 Å². The van der Waals surface area contributed by atoms with E-state index in [4.69, 9.17) is 0 Å². The quantitative estimate of drug-likeness (QED) is 0.662. The lowest BCUT2D eigenvalue weighted by Crippen LogP contribution is -2.14. The highest BCUT2D eigenvalue weighted by Gasteiger charge is 2.13. The van der Waals surface area contributed by atoms with Gasteiger partial charge in [0.2, 0.25) is 5.82 Å². The van der Waals surface area contributed by atoms with E-state index in [-0.39, 0.29) is 11.7 Å². The lowest BCUT2D eigenvalue weighted by atomic mass is 10.3. The third kappa shape index (κ3) is 1.71. The van der Waals surface area contributed by atoms with Crippen molar-refractivity contribution in [3.8, 4) is 0 Å². The van der Waals surface area contributed by atoms with Gasteiger partial charge in [0.25, 0.3) is 5.91 Å². The molecule has 7 heteroatoms. The molecule has 2 aromatic rings. The molecule has 7 nitrogen and oxygen atoms in total. The lowest BCUT2D eigenvalue weighted by molar-refractivity contribution is 0.101. The third-order valence-corrected chi connectivity index (χ3v) is 2.00. The van der Waals surface area contributed by atoms with E-state index in [0.29, 0.717) is 5.69 Å². The second kappa shape index (κ2) is 3.52. The van der Waals surface area contributed by atoms with Crippen LogP contribution in [0.3, 0.4) is 0 Å².